The highest BCUT2D eigenvalue weighted by atomic mass is 15.0. The molecule has 0 aliphatic carbocycles. The van der Waals surface area contributed by atoms with Crippen molar-refractivity contribution >= 4 is 0 Å². The van der Waals surface area contributed by atoms with E-state index in [1.54, 1.807) is 0 Å². The zero-order valence-electron chi connectivity index (χ0n) is 9.53. The number of nitrogens with one attached hydrogen (secondary N) is 1. The molecule has 1 fully saturated rings. The van der Waals surface area contributed by atoms with Crippen molar-refractivity contribution in [2.24, 2.45) is 5.92 Å². The van der Waals surface area contributed by atoms with Gasteiger partial charge in [0.2, 0.25) is 0 Å². The molecule has 1 heteroatoms. The molecule has 1 rings (SSSR count). The summed E-state index contributed by atoms with van der Waals surface area (Å²) in [7, 11) is 0. The van der Waals surface area contributed by atoms with Gasteiger partial charge in [-0.25, -0.2) is 0 Å². The van der Waals surface area contributed by atoms with Gasteiger partial charge in [0.1, 0.15) is 0 Å². The molecule has 0 radical (unpaired) electrons. The lowest BCUT2D eigenvalue weighted by Crippen LogP contribution is -2.45. The average Bonchev–Trinajstić information content (AvgIpc) is 2.55. The number of hydrogen-bond donors (Lipinski definition) is 1. The van der Waals surface area contributed by atoms with E-state index in [-0.39, 0.29) is 0 Å². The van der Waals surface area contributed by atoms with Crippen LogP contribution in [0.3, 0.4) is 0 Å². The van der Waals surface area contributed by atoms with E-state index in [1.807, 2.05) is 0 Å². The first-order valence-electron chi connectivity index (χ1n) is 6.00. The molecule has 0 amide bonds. The Kier molecular flexibility index (Phi) is 4.24. The first kappa shape index (κ1) is 11.0. The van der Waals surface area contributed by atoms with Gasteiger partial charge in [-0.05, 0) is 38.1 Å². The molecule has 0 aromatic heterocycles. The van der Waals surface area contributed by atoms with Gasteiger partial charge in [-0.15, -0.1) is 0 Å². The molecule has 1 aliphatic rings. The van der Waals surface area contributed by atoms with Crippen LogP contribution in [0.2, 0.25) is 0 Å². The average molecular weight is 183 g/mol. The van der Waals surface area contributed by atoms with Gasteiger partial charge in [0.05, 0.1) is 0 Å². The van der Waals surface area contributed by atoms with Crippen LogP contribution in [0.15, 0.2) is 0 Å². The first-order chi connectivity index (χ1) is 6.25. The van der Waals surface area contributed by atoms with Crippen LogP contribution in [0.5, 0.6) is 0 Å². The summed E-state index contributed by atoms with van der Waals surface area (Å²) >= 11 is 0. The van der Waals surface area contributed by atoms with Crippen molar-refractivity contribution < 1.29 is 0 Å². The zero-order chi connectivity index (χ0) is 9.73. The summed E-state index contributed by atoms with van der Waals surface area (Å²) in [5.74, 6) is 0.861. The maximum Gasteiger partial charge on any atom is 0.0207 e. The molecule has 0 aromatic carbocycles. The summed E-state index contributed by atoms with van der Waals surface area (Å²) in [4.78, 5) is 0. The smallest absolute Gasteiger partial charge is 0.0207 e. The monoisotopic (exact) mass is 183 g/mol. The fourth-order valence-electron chi connectivity index (χ4n) is 2.87. The summed E-state index contributed by atoms with van der Waals surface area (Å²) < 4.78 is 0. The molecule has 1 aliphatic heterocycles. The van der Waals surface area contributed by atoms with Gasteiger partial charge < -0.3 is 5.32 Å². The standard InChI is InChI=1S/C12H25N/c1-4-7-11(3)12(8-5-2)9-6-10-13-12/h11,13H,4-10H2,1-3H3. The Labute approximate surface area is 83.3 Å². The molecule has 13 heavy (non-hydrogen) atoms. The molecule has 0 aromatic rings. The third-order valence-electron chi connectivity index (χ3n) is 3.64. The van der Waals surface area contributed by atoms with Gasteiger partial charge in [-0.1, -0.05) is 33.6 Å². The molecule has 78 valence electrons. The number of hydrogen-bond acceptors (Lipinski definition) is 1. The van der Waals surface area contributed by atoms with E-state index in [2.05, 4.69) is 26.1 Å². The lowest BCUT2D eigenvalue weighted by molar-refractivity contribution is 0.221. The van der Waals surface area contributed by atoms with Gasteiger partial charge in [0.15, 0.2) is 0 Å². The normalized spacial score (nSPS) is 30.7. The highest BCUT2D eigenvalue weighted by molar-refractivity contribution is 4.96. The summed E-state index contributed by atoms with van der Waals surface area (Å²) in [6, 6.07) is 0. The quantitative estimate of drug-likeness (QED) is 0.689. The summed E-state index contributed by atoms with van der Waals surface area (Å²) in [6.45, 7) is 8.27. The van der Waals surface area contributed by atoms with E-state index in [0.717, 1.165) is 5.92 Å². The van der Waals surface area contributed by atoms with Gasteiger partial charge in [-0.3, -0.25) is 0 Å². The van der Waals surface area contributed by atoms with Crippen molar-refractivity contribution in [3.8, 4) is 0 Å². The van der Waals surface area contributed by atoms with Crippen LogP contribution in [-0.2, 0) is 0 Å². The lowest BCUT2D eigenvalue weighted by Gasteiger charge is -2.36. The largest absolute Gasteiger partial charge is 0.311 e. The fourth-order valence-corrected chi connectivity index (χ4v) is 2.87. The Hall–Kier alpha value is -0.0400. The van der Waals surface area contributed by atoms with Crippen LogP contribution >= 0.6 is 0 Å². The SMILES string of the molecule is CCCC(C)C1(CCC)CCCN1. The molecule has 2 unspecified atom stereocenters. The highest BCUT2D eigenvalue weighted by Crippen LogP contribution is 2.34. The van der Waals surface area contributed by atoms with Crippen molar-refractivity contribution in [1.29, 1.82) is 0 Å². The van der Waals surface area contributed by atoms with Gasteiger partial charge in [0.25, 0.3) is 0 Å². The molecule has 0 spiro atoms. The highest BCUT2D eigenvalue weighted by Gasteiger charge is 2.36. The maximum atomic E-state index is 3.76. The second-order valence-electron chi connectivity index (χ2n) is 4.63. The van der Waals surface area contributed by atoms with Crippen LogP contribution in [0.4, 0.5) is 0 Å². The third-order valence-corrected chi connectivity index (χ3v) is 3.64. The Bertz CT molecular complexity index is 136. The van der Waals surface area contributed by atoms with Crippen LogP contribution in [-0.4, -0.2) is 12.1 Å². The van der Waals surface area contributed by atoms with E-state index in [1.165, 1.54) is 45.1 Å². The minimum Gasteiger partial charge on any atom is -0.311 e. The second kappa shape index (κ2) is 4.99. The zero-order valence-corrected chi connectivity index (χ0v) is 9.53. The Morgan fingerprint density at radius 1 is 1.31 bits per heavy atom. The van der Waals surface area contributed by atoms with Gasteiger partial charge in [0, 0.05) is 5.54 Å². The Balaban J connectivity index is 2.54. The fraction of sp³-hybridized carbons (Fsp3) is 1.00. The van der Waals surface area contributed by atoms with E-state index in [9.17, 15) is 0 Å². The molecule has 1 nitrogen and oxygen atoms in total. The molecule has 2 atom stereocenters. The van der Waals surface area contributed by atoms with Crippen LogP contribution in [0.1, 0.15) is 59.3 Å². The minimum absolute atomic E-state index is 0.505. The topological polar surface area (TPSA) is 12.0 Å². The predicted octanol–water partition coefficient (Wildman–Crippen LogP) is 3.34. The van der Waals surface area contributed by atoms with Crippen molar-refractivity contribution in [2.45, 2.75) is 64.8 Å². The summed E-state index contributed by atoms with van der Waals surface area (Å²) in [6.07, 6.45) is 8.19. The molecule has 1 saturated heterocycles. The van der Waals surface area contributed by atoms with Crippen LogP contribution in [0.25, 0.3) is 0 Å². The Morgan fingerprint density at radius 2 is 2.08 bits per heavy atom. The van der Waals surface area contributed by atoms with E-state index < -0.39 is 0 Å². The van der Waals surface area contributed by atoms with Crippen LogP contribution < -0.4 is 5.32 Å². The van der Waals surface area contributed by atoms with E-state index in [4.69, 9.17) is 0 Å². The molecule has 1 N–H and O–H groups in total. The minimum atomic E-state index is 0.505. The molecular formula is C12H25N. The summed E-state index contributed by atoms with van der Waals surface area (Å²) in [5.41, 5.74) is 0.505. The molecule has 0 saturated carbocycles. The van der Waals surface area contributed by atoms with Crippen LogP contribution in [0, 0.1) is 5.92 Å². The van der Waals surface area contributed by atoms with E-state index >= 15 is 0 Å². The third kappa shape index (κ3) is 2.46. The van der Waals surface area contributed by atoms with Gasteiger partial charge >= 0.3 is 0 Å². The Morgan fingerprint density at radius 3 is 2.54 bits per heavy atom. The van der Waals surface area contributed by atoms with Crippen molar-refractivity contribution in [2.75, 3.05) is 6.54 Å². The second-order valence-corrected chi connectivity index (χ2v) is 4.63. The van der Waals surface area contributed by atoms with Crippen molar-refractivity contribution in [3.63, 3.8) is 0 Å². The molecule has 0 bridgehead atoms. The predicted molar refractivity (Wildman–Crippen MR) is 58.9 cm³/mol. The summed E-state index contributed by atoms with van der Waals surface area (Å²) in [5, 5.41) is 3.76. The van der Waals surface area contributed by atoms with E-state index in [0.29, 0.717) is 5.54 Å². The molecular weight excluding hydrogens is 158 g/mol. The maximum absolute atomic E-state index is 3.76. The van der Waals surface area contributed by atoms with Gasteiger partial charge in [-0.2, -0.15) is 0 Å². The molecule has 1 heterocycles. The van der Waals surface area contributed by atoms with Crippen molar-refractivity contribution in [3.05, 3.63) is 0 Å². The lowest BCUT2D eigenvalue weighted by atomic mass is 9.78. The van der Waals surface area contributed by atoms with Crippen molar-refractivity contribution in [1.82, 2.24) is 5.32 Å². The number of rotatable bonds is 5. The first-order valence-corrected chi connectivity index (χ1v) is 6.00.